The van der Waals surface area contributed by atoms with Crippen molar-refractivity contribution in [3.05, 3.63) is 52.8 Å². The number of phenolic OH excluding ortho intramolecular Hbond substituents is 3. The number of Topliss-reactive ketones (excluding diaryl/α,β-unsaturated/α-hetero) is 1. The highest BCUT2D eigenvalue weighted by molar-refractivity contribution is 6.23. The van der Waals surface area contributed by atoms with Gasteiger partial charge in [0.2, 0.25) is 0 Å². The van der Waals surface area contributed by atoms with E-state index in [9.17, 15) is 39.9 Å². The van der Waals surface area contributed by atoms with Gasteiger partial charge in [-0.05, 0) is 39.2 Å². The number of carbonyl (C=O) groups is 3. The van der Waals surface area contributed by atoms with Crippen molar-refractivity contribution >= 4 is 40.3 Å². The number of aliphatic hydroxyl groups is 2. The Morgan fingerprint density at radius 2 is 1.67 bits per heavy atom. The number of unbranched alkanes of at least 4 members (excludes halogenated alkanes) is 1. The highest BCUT2D eigenvalue weighted by Crippen LogP contribution is 2.55. The summed E-state index contributed by atoms with van der Waals surface area (Å²) in [6.07, 6.45) is 7.53. The van der Waals surface area contributed by atoms with Crippen LogP contribution in [0.5, 0.6) is 23.0 Å². The van der Waals surface area contributed by atoms with Crippen LogP contribution < -0.4 is 10.1 Å². The fourth-order valence-electron chi connectivity index (χ4n) is 7.80. The average Bonchev–Trinajstić information content (AvgIpc) is 3.48. The second kappa shape index (κ2) is 20.0. The lowest BCUT2D eigenvalue weighted by Gasteiger charge is -2.38. The number of nitrogens with zero attached hydrogens (tertiary/aromatic N) is 1. The van der Waals surface area contributed by atoms with Gasteiger partial charge in [0.25, 0.3) is 11.7 Å². The first-order valence-electron chi connectivity index (χ1n) is 20.5. The highest BCUT2D eigenvalue weighted by atomic mass is 16.7. The molecule has 6 N–H and O–H groups in total. The third kappa shape index (κ3) is 9.74. The normalized spacial score (nSPS) is 30.3. The summed E-state index contributed by atoms with van der Waals surface area (Å²) < 4.78 is 23.6. The fourth-order valence-corrected chi connectivity index (χ4v) is 7.80. The van der Waals surface area contributed by atoms with Gasteiger partial charge in [-0.3, -0.25) is 14.4 Å². The molecule has 15 heteroatoms. The number of esters is 1. The van der Waals surface area contributed by atoms with E-state index in [1.54, 1.807) is 39.8 Å². The van der Waals surface area contributed by atoms with Gasteiger partial charge in [0.1, 0.15) is 29.5 Å². The quantitative estimate of drug-likeness (QED) is 0.0489. The molecule has 1 amide bonds. The van der Waals surface area contributed by atoms with Crippen molar-refractivity contribution in [2.45, 2.75) is 131 Å². The number of oxime groups is 1. The summed E-state index contributed by atoms with van der Waals surface area (Å²) in [6, 6.07) is 0. The molecule has 0 spiro atoms. The Kier molecular flexibility index (Phi) is 15.8. The number of allylic oxidation sites excluding steroid dienone is 2. The number of methoxy groups -OCH3 is 1. The van der Waals surface area contributed by atoms with Crippen molar-refractivity contribution in [3.63, 3.8) is 0 Å². The molecule has 3 heterocycles. The Labute approximate surface area is 351 Å². The lowest BCUT2D eigenvalue weighted by molar-refractivity contribution is -0.160. The minimum absolute atomic E-state index is 0.0398. The van der Waals surface area contributed by atoms with E-state index < -0.39 is 88.8 Å². The summed E-state index contributed by atoms with van der Waals surface area (Å²) in [7, 11) is 1.43. The van der Waals surface area contributed by atoms with Crippen molar-refractivity contribution < 1.29 is 63.7 Å². The van der Waals surface area contributed by atoms with Crippen molar-refractivity contribution in [1.82, 2.24) is 0 Å². The monoisotopic (exact) mass is 838 g/mol. The Morgan fingerprint density at radius 1 is 0.983 bits per heavy atom. The number of rotatable bonds is 9. The maximum atomic E-state index is 14.4. The topological polar surface area (TPSA) is 223 Å². The van der Waals surface area contributed by atoms with Gasteiger partial charge in [-0.2, -0.15) is 0 Å². The van der Waals surface area contributed by atoms with Crippen LogP contribution in [0.3, 0.4) is 0 Å². The van der Waals surface area contributed by atoms with Gasteiger partial charge in [-0.1, -0.05) is 71.3 Å². The van der Waals surface area contributed by atoms with Crippen LogP contribution in [-0.2, 0) is 28.6 Å². The predicted molar refractivity (Wildman–Crippen MR) is 226 cm³/mol. The number of anilines is 1. The molecule has 5 bridgehead atoms. The molecule has 3 aliphatic rings. The third-order valence-corrected chi connectivity index (χ3v) is 11.8. The molecule has 2 aromatic carbocycles. The number of carbonyl (C=O) groups excluding carboxylic acids is 3. The number of aromatic hydroxyl groups is 3. The number of benzene rings is 2. The zero-order valence-corrected chi connectivity index (χ0v) is 36.4. The minimum Gasteiger partial charge on any atom is -0.507 e. The van der Waals surface area contributed by atoms with E-state index in [-0.39, 0.29) is 50.6 Å². The fraction of sp³-hybridized carbons (Fsp3) is 0.556. The van der Waals surface area contributed by atoms with E-state index in [0.29, 0.717) is 12.8 Å². The molecule has 3 aliphatic heterocycles. The summed E-state index contributed by atoms with van der Waals surface area (Å²) >= 11 is 0. The molecule has 15 nitrogen and oxygen atoms in total. The van der Waals surface area contributed by atoms with Gasteiger partial charge in [0.05, 0.1) is 53.0 Å². The number of hydrogen-bond donors (Lipinski definition) is 6. The Bertz CT molecular complexity index is 2040. The number of phenols is 3. The molecule has 5 rings (SSSR count). The Hall–Kier alpha value is -5.12. The van der Waals surface area contributed by atoms with Crippen LogP contribution in [-0.4, -0.2) is 92.8 Å². The van der Waals surface area contributed by atoms with E-state index >= 15 is 0 Å². The van der Waals surface area contributed by atoms with Gasteiger partial charge in [-0.25, -0.2) is 0 Å². The molecule has 0 radical (unpaired) electrons. The Morgan fingerprint density at radius 3 is 2.28 bits per heavy atom. The van der Waals surface area contributed by atoms with Gasteiger partial charge in [0.15, 0.2) is 5.75 Å². The van der Waals surface area contributed by atoms with E-state index in [1.165, 1.54) is 53.2 Å². The third-order valence-electron chi connectivity index (χ3n) is 11.8. The number of hydrogen-bond acceptors (Lipinski definition) is 14. The molecule has 0 aromatic heterocycles. The first-order chi connectivity index (χ1) is 28.3. The number of amides is 1. The molecular weight excluding hydrogens is 776 g/mol. The molecule has 330 valence electrons. The summed E-state index contributed by atoms with van der Waals surface area (Å²) in [5.41, 5.74) is -0.555. The largest absolute Gasteiger partial charge is 0.507 e. The zero-order chi connectivity index (χ0) is 44.8. The average molecular weight is 839 g/mol. The van der Waals surface area contributed by atoms with Crippen LogP contribution in [0.1, 0.15) is 109 Å². The lowest BCUT2D eigenvalue weighted by Crippen LogP contribution is -2.46. The first kappa shape index (κ1) is 47.6. The molecule has 0 saturated heterocycles. The zero-order valence-electron chi connectivity index (χ0n) is 36.4. The second-order valence-corrected chi connectivity index (χ2v) is 16.1. The molecule has 1 unspecified atom stereocenters. The van der Waals surface area contributed by atoms with Gasteiger partial charge in [-0.15, -0.1) is 0 Å². The van der Waals surface area contributed by atoms with Crippen LogP contribution in [0.4, 0.5) is 5.69 Å². The maximum Gasteiger partial charge on any atom is 0.312 e. The number of fused-ring (bicyclic) bond motifs is 14. The summed E-state index contributed by atoms with van der Waals surface area (Å²) in [4.78, 5) is 46.2. The van der Waals surface area contributed by atoms with Gasteiger partial charge < -0.3 is 54.6 Å². The lowest BCUT2D eigenvalue weighted by atomic mass is 9.78. The number of ether oxygens (including phenoxy) is 4. The van der Waals surface area contributed by atoms with Crippen LogP contribution >= 0.6 is 0 Å². The molecule has 0 saturated carbocycles. The molecule has 2 aromatic rings. The maximum absolute atomic E-state index is 14.4. The first-order valence-corrected chi connectivity index (χ1v) is 20.5. The second-order valence-electron chi connectivity index (χ2n) is 16.1. The van der Waals surface area contributed by atoms with Crippen LogP contribution in [0.25, 0.3) is 10.8 Å². The standard InChI is InChI=1S/C45H62N2O13/c1-12-14-18-29(13-2)60-46-21-30-35-40(53)33-32(39(30)52)34-42(27(8)38(33)51)59-45(10,43(34)54)57-20-19-31(56-11)24(5)41(58-28(9)48)26(7)37(50)25(6)36(49)22(3)16-15-17-23(4)44(55)47-35/h15-17,19-22,24-26,29,31,36-37,41,49-53H,12-14,18H2,1-11H3,(H,47,55)/b16-15+,20-19+,23-17-,46-21+/t22-,24+,25+,26+,29?,31-,36-,37+,41+,45-/m0/s1. The molecule has 0 aliphatic carbocycles. The number of nitrogens with one attached hydrogen (secondary N) is 1. The van der Waals surface area contributed by atoms with Crippen molar-refractivity contribution in [2.75, 3.05) is 12.4 Å². The Balaban J connectivity index is 1.97. The molecular formula is C45H62N2O13. The van der Waals surface area contributed by atoms with Gasteiger partial charge >= 0.3 is 11.8 Å². The highest BCUT2D eigenvalue weighted by Gasteiger charge is 2.50. The van der Waals surface area contributed by atoms with E-state index in [2.05, 4.69) is 17.4 Å². The summed E-state index contributed by atoms with van der Waals surface area (Å²) in [5, 5.41) is 64.5. The van der Waals surface area contributed by atoms with E-state index in [4.69, 9.17) is 23.8 Å². The summed E-state index contributed by atoms with van der Waals surface area (Å²) in [5.74, 6) is -8.57. The van der Waals surface area contributed by atoms with Crippen molar-refractivity contribution in [3.8, 4) is 23.0 Å². The SMILES string of the molecule is CCCCC(CC)O/N=C/c1c2c(O)c3c(O)c(C)c4c(c3c1O)C(=O)[C@@](C)(O/C=C/[C@H](OC)[C@@H](C)[C@@H](OC(C)=O)[C@H](C)[C@H](O)[C@H](C)[C@@H](O)[C@@H](C)/C=C/C=C(/C)C(=O)N2)O4. The van der Waals surface area contributed by atoms with Crippen LogP contribution in [0, 0.1) is 30.6 Å². The molecule has 10 atom stereocenters. The minimum atomic E-state index is -2.06. The van der Waals surface area contributed by atoms with Crippen molar-refractivity contribution in [1.29, 1.82) is 0 Å². The number of aliphatic hydroxyl groups excluding tert-OH is 2. The van der Waals surface area contributed by atoms with Crippen LogP contribution in [0.15, 0.2) is 41.3 Å². The van der Waals surface area contributed by atoms with E-state index in [0.717, 1.165) is 19.1 Å². The molecule has 60 heavy (non-hydrogen) atoms. The van der Waals surface area contributed by atoms with Crippen LogP contribution in [0.2, 0.25) is 0 Å². The predicted octanol–water partition coefficient (Wildman–Crippen LogP) is 7.07. The number of ketones is 1. The van der Waals surface area contributed by atoms with Crippen molar-refractivity contribution in [2.24, 2.45) is 28.8 Å². The summed E-state index contributed by atoms with van der Waals surface area (Å²) in [6.45, 7) is 16.5. The van der Waals surface area contributed by atoms with Gasteiger partial charge in [0, 0.05) is 61.2 Å². The van der Waals surface area contributed by atoms with E-state index in [1.807, 2.05) is 6.92 Å². The molecule has 0 fully saturated rings. The smallest absolute Gasteiger partial charge is 0.312 e.